The van der Waals surface area contributed by atoms with Crippen LogP contribution in [0.3, 0.4) is 0 Å². The molecule has 1 aliphatic rings. The van der Waals surface area contributed by atoms with Gasteiger partial charge in [0.25, 0.3) is 0 Å². The fraction of sp³-hybridized carbons (Fsp3) is 0.435. The molecule has 0 radical (unpaired) electrons. The van der Waals surface area contributed by atoms with E-state index in [1.165, 1.54) is 0 Å². The predicted octanol–water partition coefficient (Wildman–Crippen LogP) is 3.27. The highest BCUT2D eigenvalue weighted by atomic mass is 35.5. The lowest BCUT2D eigenvalue weighted by molar-refractivity contribution is -0.156. The van der Waals surface area contributed by atoms with Gasteiger partial charge in [-0.25, -0.2) is 9.78 Å². The Labute approximate surface area is 193 Å². The zero-order valence-electron chi connectivity index (χ0n) is 18.6. The van der Waals surface area contributed by atoms with Crippen molar-refractivity contribution in [3.8, 4) is 5.75 Å². The number of pyridine rings is 1. The molecule has 1 fully saturated rings. The van der Waals surface area contributed by atoms with Gasteiger partial charge in [0.05, 0.1) is 0 Å². The Morgan fingerprint density at radius 2 is 1.88 bits per heavy atom. The maximum absolute atomic E-state index is 12.6. The van der Waals surface area contributed by atoms with E-state index in [-0.39, 0.29) is 6.42 Å². The number of esters is 1. The van der Waals surface area contributed by atoms with Gasteiger partial charge >= 0.3 is 12.1 Å². The smallest absolute Gasteiger partial charge is 0.415 e. The van der Waals surface area contributed by atoms with Gasteiger partial charge in [-0.15, -0.1) is 0 Å². The summed E-state index contributed by atoms with van der Waals surface area (Å²) in [4.78, 5) is 32.8. The molecular weight excluding hydrogens is 432 g/mol. The second-order valence-electron chi connectivity index (χ2n) is 8.63. The van der Waals surface area contributed by atoms with Crippen molar-refractivity contribution in [1.82, 2.24) is 9.88 Å². The number of hydrogen-bond donors (Lipinski definition) is 1. The molecule has 1 atom stereocenters. The van der Waals surface area contributed by atoms with Gasteiger partial charge in [-0.3, -0.25) is 4.79 Å². The van der Waals surface area contributed by atoms with E-state index in [4.69, 9.17) is 26.8 Å². The molecule has 2 heterocycles. The Morgan fingerprint density at radius 3 is 2.47 bits per heavy atom. The highest BCUT2D eigenvalue weighted by Crippen LogP contribution is 2.25. The Kier molecular flexibility index (Phi) is 7.58. The Hall–Kier alpha value is -2.84. The van der Waals surface area contributed by atoms with E-state index in [0.29, 0.717) is 42.5 Å². The lowest BCUT2D eigenvalue weighted by Crippen LogP contribution is -2.49. The molecule has 3 rings (SSSR count). The van der Waals surface area contributed by atoms with Gasteiger partial charge in [-0.2, -0.15) is 0 Å². The van der Waals surface area contributed by atoms with E-state index in [1.807, 2.05) is 18.2 Å². The first kappa shape index (κ1) is 23.8. The highest BCUT2D eigenvalue weighted by Gasteiger charge is 2.25. The van der Waals surface area contributed by atoms with Gasteiger partial charge in [0.15, 0.2) is 0 Å². The van der Waals surface area contributed by atoms with E-state index in [9.17, 15) is 9.59 Å². The summed E-state index contributed by atoms with van der Waals surface area (Å²) in [5.41, 5.74) is 6.02. The first-order valence-corrected chi connectivity index (χ1v) is 10.9. The van der Waals surface area contributed by atoms with E-state index in [1.54, 1.807) is 50.1 Å². The number of ether oxygens (including phenoxy) is 2. The Morgan fingerprint density at radius 1 is 1.16 bits per heavy atom. The van der Waals surface area contributed by atoms with E-state index >= 15 is 0 Å². The molecule has 32 heavy (non-hydrogen) atoms. The number of halogens is 1. The number of piperazine rings is 1. The van der Waals surface area contributed by atoms with Gasteiger partial charge in [0.2, 0.25) is 0 Å². The summed E-state index contributed by atoms with van der Waals surface area (Å²) >= 11 is 6.34. The zero-order valence-corrected chi connectivity index (χ0v) is 19.3. The molecule has 172 valence electrons. The first-order chi connectivity index (χ1) is 15.1. The number of benzene rings is 1. The van der Waals surface area contributed by atoms with E-state index in [2.05, 4.69) is 9.88 Å². The van der Waals surface area contributed by atoms with Gasteiger partial charge < -0.3 is 25.0 Å². The van der Waals surface area contributed by atoms with Crippen molar-refractivity contribution in [3.05, 3.63) is 53.2 Å². The number of hydrogen-bond acceptors (Lipinski definition) is 7. The fourth-order valence-corrected chi connectivity index (χ4v) is 3.53. The summed E-state index contributed by atoms with van der Waals surface area (Å²) in [5, 5.41) is 0.370. The van der Waals surface area contributed by atoms with Crippen LogP contribution in [0.5, 0.6) is 5.75 Å². The maximum Gasteiger partial charge on any atom is 0.415 e. The Bertz CT molecular complexity index is 941. The molecule has 2 aromatic rings. The summed E-state index contributed by atoms with van der Waals surface area (Å²) in [6.07, 6.45) is 1.54. The number of aromatic nitrogens is 1. The second-order valence-corrected chi connectivity index (χ2v) is 9.03. The molecule has 1 aliphatic heterocycles. The topological polar surface area (TPSA) is 98.0 Å². The molecule has 0 aliphatic carbocycles. The molecule has 1 saturated heterocycles. The van der Waals surface area contributed by atoms with E-state index < -0.39 is 23.7 Å². The van der Waals surface area contributed by atoms with Gasteiger partial charge in [0, 0.05) is 37.4 Å². The zero-order chi connectivity index (χ0) is 23.3. The van der Waals surface area contributed by atoms with Crippen molar-refractivity contribution >= 4 is 29.5 Å². The SMILES string of the molecule is CC(C)(C)OC(=O)C(N)Cc1ccc(OC(=O)N2CCN(c3ccccn3)CC2)cc1Cl. The molecular formula is C23H29ClN4O4. The molecule has 0 spiro atoms. The van der Waals surface area contributed by atoms with Crippen LogP contribution in [0, 0.1) is 0 Å². The molecule has 1 aromatic carbocycles. The minimum atomic E-state index is -0.837. The van der Waals surface area contributed by atoms with Crippen molar-refractivity contribution in [2.45, 2.75) is 38.8 Å². The summed E-state index contributed by atoms with van der Waals surface area (Å²) in [6, 6.07) is 9.83. The normalized spacial score (nSPS) is 15.3. The van der Waals surface area contributed by atoms with Crippen molar-refractivity contribution < 1.29 is 19.1 Å². The second kappa shape index (κ2) is 10.2. The number of nitrogens with two attached hydrogens (primary N) is 1. The molecule has 1 unspecified atom stereocenters. The number of anilines is 1. The summed E-state index contributed by atoms with van der Waals surface area (Å²) in [6.45, 7) is 7.77. The van der Waals surface area contributed by atoms with Crippen LogP contribution in [0.1, 0.15) is 26.3 Å². The third-order valence-electron chi connectivity index (χ3n) is 4.89. The van der Waals surface area contributed by atoms with Crippen LogP contribution in [0.15, 0.2) is 42.6 Å². The molecule has 8 nitrogen and oxygen atoms in total. The average Bonchev–Trinajstić information content (AvgIpc) is 2.75. The van der Waals surface area contributed by atoms with Crippen LogP contribution < -0.4 is 15.4 Å². The number of carbonyl (C=O) groups is 2. The fourth-order valence-electron chi connectivity index (χ4n) is 3.28. The molecule has 0 bridgehead atoms. The molecule has 1 aromatic heterocycles. The monoisotopic (exact) mass is 460 g/mol. The number of amides is 1. The predicted molar refractivity (Wildman–Crippen MR) is 123 cm³/mol. The average molecular weight is 461 g/mol. The van der Waals surface area contributed by atoms with Crippen molar-refractivity contribution in [2.24, 2.45) is 5.73 Å². The van der Waals surface area contributed by atoms with Crippen molar-refractivity contribution in [3.63, 3.8) is 0 Å². The highest BCUT2D eigenvalue weighted by molar-refractivity contribution is 6.31. The molecule has 0 saturated carbocycles. The van der Waals surface area contributed by atoms with Gasteiger partial charge in [-0.1, -0.05) is 23.7 Å². The standard InChI is InChI=1S/C23H29ClN4O4/c1-23(2,3)32-21(29)19(25)14-16-7-8-17(15-18(16)24)31-22(30)28-12-10-27(11-13-28)20-6-4-5-9-26-20/h4-9,15,19H,10-14,25H2,1-3H3. The molecule has 2 N–H and O–H groups in total. The van der Waals surface area contributed by atoms with Crippen LogP contribution in [0.2, 0.25) is 5.02 Å². The summed E-state index contributed by atoms with van der Waals surface area (Å²) < 4.78 is 10.8. The van der Waals surface area contributed by atoms with E-state index in [0.717, 1.165) is 5.82 Å². The number of rotatable bonds is 5. The largest absolute Gasteiger partial charge is 0.459 e. The van der Waals surface area contributed by atoms with Crippen LogP contribution in [0.4, 0.5) is 10.6 Å². The lowest BCUT2D eigenvalue weighted by atomic mass is 10.1. The van der Waals surface area contributed by atoms with Crippen LogP contribution in [0.25, 0.3) is 0 Å². The van der Waals surface area contributed by atoms with Crippen LogP contribution in [-0.4, -0.2) is 59.8 Å². The van der Waals surface area contributed by atoms with Crippen molar-refractivity contribution in [1.29, 1.82) is 0 Å². The molecule has 9 heteroatoms. The Balaban J connectivity index is 1.53. The molecule has 1 amide bonds. The number of carbonyl (C=O) groups excluding carboxylic acids is 2. The van der Waals surface area contributed by atoms with Gasteiger partial charge in [-0.05, 0) is 57.0 Å². The lowest BCUT2D eigenvalue weighted by Gasteiger charge is -2.34. The summed E-state index contributed by atoms with van der Waals surface area (Å²) in [5.74, 6) is 0.739. The first-order valence-electron chi connectivity index (χ1n) is 10.5. The minimum absolute atomic E-state index is 0.220. The van der Waals surface area contributed by atoms with Crippen molar-refractivity contribution in [2.75, 3.05) is 31.1 Å². The third kappa shape index (κ3) is 6.58. The van der Waals surface area contributed by atoms with Gasteiger partial charge in [0.1, 0.15) is 23.2 Å². The quantitative estimate of drug-likeness (QED) is 0.683. The maximum atomic E-state index is 12.6. The minimum Gasteiger partial charge on any atom is -0.459 e. The third-order valence-corrected chi connectivity index (χ3v) is 5.24. The number of nitrogens with zero attached hydrogens (tertiary/aromatic N) is 3. The van der Waals surface area contributed by atoms with Crippen LogP contribution >= 0.6 is 11.6 Å². The summed E-state index contributed by atoms with van der Waals surface area (Å²) in [7, 11) is 0. The van der Waals surface area contributed by atoms with Crippen LogP contribution in [-0.2, 0) is 16.0 Å².